The normalized spacial score (nSPS) is 11.1. The average Bonchev–Trinajstić information content (AvgIpc) is 2.95. The molecule has 2 aromatic carbocycles. The molecule has 1 amide bonds. The first-order chi connectivity index (χ1) is 13.4. The van der Waals surface area contributed by atoms with Crippen LogP contribution in [-0.4, -0.2) is 20.7 Å². The van der Waals surface area contributed by atoms with Crippen molar-refractivity contribution in [2.45, 2.75) is 13.8 Å². The summed E-state index contributed by atoms with van der Waals surface area (Å²) in [4.78, 5) is 12.4. The number of anilines is 1. The van der Waals surface area contributed by atoms with Crippen LogP contribution < -0.4 is 5.32 Å². The number of aryl methyl sites for hydroxylation is 1. The lowest BCUT2D eigenvalue weighted by Crippen LogP contribution is -2.13. The number of aromatic hydroxyl groups is 2. The molecule has 0 radical (unpaired) electrons. The number of phenolic OH excluding ortho intramolecular Hbond substituents is 2. The van der Waals surface area contributed by atoms with Crippen LogP contribution in [0.1, 0.15) is 17.0 Å². The minimum absolute atomic E-state index is 0.0287. The second-order valence-electron chi connectivity index (χ2n) is 6.35. The number of hydrogen-bond acceptors (Lipinski definition) is 4. The highest BCUT2D eigenvalue weighted by molar-refractivity contribution is 6.09. The summed E-state index contributed by atoms with van der Waals surface area (Å²) < 4.78 is 1.98. The molecule has 0 aliphatic heterocycles. The number of rotatable bonds is 4. The fraction of sp³-hybridized carbons (Fsp3) is 0.0909. The molecule has 0 aliphatic rings. The van der Waals surface area contributed by atoms with Crippen molar-refractivity contribution in [2.24, 2.45) is 0 Å². The van der Waals surface area contributed by atoms with E-state index in [9.17, 15) is 20.3 Å². The standard InChI is InChI=1S/C22H19N3O3/c1-14-11-16(15(2)25(14)19-5-9-21(27)10-6-19)12-17(13-23)22(28)24-18-3-7-20(26)8-4-18/h3-12,26-27H,1-2H3,(H,24,28)/b17-12-. The van der Waals surface area contributed by atoms with Crippen molar-refractivity contribution in [1.29, 1.82) is 5.26 Å². The minimum atomic E-state index is -0.525. The third kappa shape index (κ3) is 3.89. The van der Waals surface area contributed by atoms with Gasteiger partial charge in [0.2, 0.25) is 0 Å². The zero-order valence-corrected chi connectivity index (χ0v) is 15.5. The number of amides is 1. The van der Waals surface area contributed by atoms with Crippen LogP contribution in [0.2, 0.25) is 0 Å². The molecule has 3 rings (SSSR count). The molecule has 0 fully saturated rings. The van der Waals surface area contributed by atoms with Gasteiger partial charge in [0, 0.05) is 22.8 Å². The molecular formula is C22H19N3O3. The Kier molecular flexibility index (Phi) is 5.18. The molecule has 1 aromatic heterocycles. The van der Waals surface area contributed by atoms with E-state index in [0.29, 0.717) is 5.69 Å². The Morgan fingerprint density at radius 1 is 1.04 bits per heavy atom. The summed E-state index contributed by atoms with van der Waals surface area (Å²) in [5.41, 5.74) is 3.89. The van der Waals surface area contributed by atoms with Crippen LogP contribution in [0.15, 0.2) is 60.2 Å². The highest BCUT2D eigenvalue weighted by atomic mass is 16.3. The molecule has 0 atom stereocenters. The maximum atomic E-state index is 12.4. The van der Waals surface area contributed by atoms with Gasteiger partial charge in [-0.3, -0.25) is 4.79 Å². The van der Waals surface area contributed by atoms with Crippen LogP contribution in [-0.2, 0) is 4.79 Å². The number of carbonyl (C=O) groups excluding carboxylic acids is 1. The molecule has 0 spiro atoms. The molecule has 0 bridgehead atoms. The Hall–Kier alpha value is -3.98. The highest BCUT2D eigenvalue weighted by Crippen LogP contribution is 2.24. The molecule has 3 aromatic rings. The summed E-state index contributed by atoms with van der Waals surface area (Å²) >= 11 is 0. The maximum absolute atomic E-state index is 12.4. The molecule has 0 saturated heterocycles. The first kappa shape index (κ1) is 18.8. The largest absolute Gasteiger partial charge is 0.508 e. The van der Waals surface area contributed by atoms with Crippen LogP contribution in [0.25, 0.3) is 11.8 Å². The molecule has 1 heterocycles. The lowest BCUT2D eigenvalue weighted by molar-refractivity contribution is -0.112. The molecule has 6 heteroatoms. The van der Waals surface area contributed by atoms with Gasteiger partial charge in [0.25, 0.3) is 5.91 Å². The van der Waals surface area contributed by atoms with Crippen molar-refractivity contribution in [3.05, 3.63) is 77.1 Å². The molecule has 3 N–H and O–H groups in total. The number of aromatic nitrogens is 1. The first-order valence-electron chi connectivity index (χ1n) is 8.59. The van der Waals surface area contributed by atoms with Gasteiger partial charge < -0.3 is 20.1 Å². The number of carbonyl (C=O) groups is 1. The molecule has 6 nitrogen and oxygen atoms in total. The van der Waals surface area contributed by atoms with Crippen molar-refractivity contribution < 1.29 is 15.0 Å². The van der Waals surface area contributed by atoms with E-state index >= 15 is 0 Å². The number of phenols is 2. The Morgan fingerprint density at radius 2 is 1.61 bits per heavy atom. The quantitative estimate of drug-likeness (QED) is 0.365. The van der Waals surface area contributed by atoms with Crippen molar-refractivity contribution in [3.63, 3.8) is 0 Å². The zero-order valence-electron chi connectivity index (χ0n) is 15.5. The van der Waals surface area contributed by atoms with Gasteiger partial charge in [-0.05, 0) is 80.1 Å². The molecule has 0 aliphatic carbocycles. The van der Waals surface area contributed by atoms with E-state index in [2.05, 4.69) is 5.32 Å². The monoisotopic (exact) mass is 373 g/mol. The zero-order chi connectivity index (χ0) is 20.3. The second-order valence-corrected chi connectivity index (χ2v) is 6.35. The third-order valence-corrected chi connectivity index (χ3v) is 4.37. The predicted molar refractivity (Wildman–Crippen MR) is 107 cm³/mol. The van der Waals surface area contributed by atoms with E-state index in [-0.39, 0.29) is 17.1 Å². The van der Waals surface area contributed by atoms with E-state index in [1.165, 1.54) is 12.1 Å². The topological polar surface area (TPSA) is 98.3 Å². The SMILES string of the molecule is Cc1cc(/C=C(/C#N)C(=O)Nc2ccc(O)cc2)c(C)n1-c1ccc(O)cc1. The predicted octanol–water partition coefficient (Wildman–Crippen LogP) is 4.05. The van der Waals surface area contributed by atoms with Gasteiger partial charge >= 0.3 is 0 Å². The van der Waals surface area contributed by atoms with Crippen molar-refractivity contribution in [2.75, 3.05) is 5.32 Å². The summed E-state index contributed by atoms with van der Waals surface area (Å²) in [6.45, 7) is 3.83. The minimum Gasteiger partial charge on any atom is -0.508 e. The summed E-state index contributed by atoms with van der Waals surface area (Å²) in [5, 5.41) is 30.9. The van der Waals surface area contributed by atoms with E-state index < -0.39 is 5.91 Å². The van der Waals surface area contributed by atoms with Crippen molar-refractivity contribution in [1.82, 2.24) is 4.57 Å². The summed E-state index contributed by atoms with van der Waals surface area (Å²) in [7, 11) is 0. The van der Waals surface area contributed by atoms with Gasteiger partial charge in [0.1, 0.15) is 23.1 Å². The Balaban J connectivity index is 1.91. The van der Waals surface area contributed by atoms with E-state index in [1.807, 2.05) is 30.6 Å². The maximum Gasteiger partial charge on any atom is 0.266 e. The van der Waals surface area contributed by atoms with E-state index in [0.717, 1.165) is 22.6 Å². The van der Waals surface area contributed by atoms with Crippen LogP contribution in [0.4, 0.5) is 5.69 Å². The van der Waals surface area contributed by atoms with Gasteiger partial charge in [-0.25, -0.2) is 0 Å². The van der Waals surface area contributed by atoms with E-state index in [1.54, 1.807) is 42.5 Å². The fourth-order valence-electron chi connectivity index (χ4n) is 2.98. The van der Waals surface area contributed by atoms with Crippen LogP contribution in [0.3, 0.4) is 0 Å². The van der Waals surface area contributed by atoms with Gasteiger partial charge in [-0.1, -0.05) is 0 Å². The van der Waals surface area contributed by atoms with Gasteiger partial charge in [0.05, 0.1) is 0 Å². The van der Waals surface area contributed by atoms with E-state index in [4.69, 9.17) is 0 Å². The average molecular weight is 373 g/mol. The van der Waals surface area contributed by atoms with Crippen LogP contribution in [0.5, 0.6) is 11.5 Å². The molecule has 0 saturated carbocycles. The Morgan fingerprint density at radius 3 is 2.18 bits per heavy atom. The lowest BCUT2D eigenvalue weighted by atomic mass is 10.1. The third-order valence-electron chi connectivity index (χ3n) is 4.37. The summed E-state index contributed by atoms with van der Waals surface area (Å²) in [6.07, 6.45) is 1.55. The summed E-state index contributed by atoms with van der Waals surface area (Å²) in [6, 6.07) is 16.7. The number of nitrogens with one attached hydrogen (secondary N) is 1. The molecule has 28 heavy (non-hydrogen) atoms. The molecular weight excluding hydrogens is 354 g/mol. The second kappa shape index (κ2) is 7.72. The highest BCUT2D eigenvalue weighted by Gasteiger charge is 2.14. The van der Waals surface area contributed by atoms with Gasteiger partial charge in [0.15, 0.2) is 0 Å². The first-order valence-corrected chi connectivity index (χ1v) is 8.59. The van der Waals surface area contributed by atoms with Crippen molar-refractivity contribution in [3.8, 4) is 23.3 Å². The number of nitrogens with zero attached hydrogens (tertiary/aromatic N) is 2. The Labute approximate surface area is 162 Å². The smallest absolute Gasteiger partial charge is 0.266 e. The van der Waals surface area contributed by atoms with Crippen molar-refractivity contribution >= 4 is 17.7 Å². The van der Waals surface area contributed by atoms with Crippen LogP contribution >= 0.6 is 0 Å². The van der Waals surface area contributed by atoms with Gasteiger partial charge in [-0.2, -0.15) is 5.26 Å². The Bertz CT molecular complexity index is 1090. The lowest BCUT2D eigenvalue weighted by Gasteiger charge is -2.09. The van der Waals surface area contributed by atoms with Gasteiger partial charge in [-0.15, -0.1) is 0 Å². The van der Waals surface area contributed by atoms with Crippen LogP contribution in [0, 0.1) is 25.2 Å². The number of hydrogen-bond donors (Lipinski definition) is 3. The number of nitriles is 1. The fourth-order valence-corrected chi connectivity index (χ4v) is 2.98. The summed E-state index contributed by atoms with van der Waals surface area (Å²) in [5.74, 6) is -0.248. The molecule has 0 unspecified atom stereocenters. The number of benzene rings is 2. The molecule has 140 valence electrons.